The molecule has 0 aromatic rings. The predicted octanol–water partition coefficient (Wildman–Crippen LogP) is 12.8. The highest BCUT2D eigenvalue weighted by molar-refractivity contribution is 7.47. The van der Waals surface area contributed by atoms with Gasteiger partial charge in [-0.3, -0.25) is 18.6 Å². The van der Waals surface area contributed by atoms with Gasteiger partial charge in [0.1, 0.15) is 6.61 Å². The van der Waals surface area contributed by atoms with E-state index in [4.69, 9.17) is 24.3 Å². The largest absolute Gasteiger partial charge is 0.472 e. The van der Waals surface area contributed by atoms with Crippen molar-refractivity contribution in [3.05, 3.63) is 24.3 Å². The topological polar surface area (TPSA) is 134 Å². The quantitative estimate of drug-likeness (QED) is 0.0268. The van der Waals surface area contributed by atoms with E-state index in [0.717, 1.165) is 64.2 Å². The van der Waals surface area contributed by atoms with E-state index in [0.29, 0.717) is 6.42 Å². The van der Waals surface area contributed by atoms with Crippen molar-refractivity contribution in [3.63, 3.8) is 0 Å². The molecular weight excluding hydrogens is 701 g/mol. The van der Waals surface area contributed by atoms with Crippen LogP contribution in [0.5, 0.6) is 0 Å². The Morgan fingerprint density at radius 2 is 0.907 bits per heavy atom. The van der Waals surface area contributed by atoms with Crippen LogP contribution in [-0.4, -0.2) is 49.3 Å². The first-order valence-corrected chi connectivity index (χ1v) is 23.8. The molecule has 0 aromatic carbocycles. The molecule has 318 valence electrons. The van der Waals surface area contributed by atoms with E-state index in [1.807, 2.05) is 0 Å². The molecule has 1 unspecified atom stereocenters. The number of carbonyl (C=O) groups excluding carboxylic acids is 2. The number of unbranched alkanes of at least 4 members (excludes halogenated alkanes) is 25. The van der Waals surface area contributed by atoms with Crippen molar-refractivity contribution in [2.45, 2.75) is 219 Å². The first-order chi connectivity index (χ1) is 26.3. The summed E-state index contributed by atoms with van der Waals surface area (Å²) in [5, 5.41) is 0. The summed E-state index contributed by atoms with van der Waals surface area (Å²) in [4.78, 5) is 34.9. The molecule has 0 radical (unpaired) electrons. The zero-order valence-electron chi connectivity index (χ0n) is 35.0. The molecular formula is C44H84NO8P. The van der Waals surface area contributed by atoms with Crippen molar-refractivity contribution in [1.82, 2.24) is 0 Å². The van der Waals surface area contributed by atoms with E-state index in [2.05, 4.69) is 38.2 Å². The molecule has 0 aromatic heterocycles. The molecule has 0 spiro atoms. The fourth-order valence-electron chi connectivity index (χ4n) is 6.21. The average Bonchev–Trinajstić information content (AvgIpc) is 3.16. The highest BCUT2D eigenvalue weighted by Gasteiger charge is 2.26. The summed E-state index contributed by atoms with van der Waals surface area (Å²) in [5.74, 6) is -0.838. The molecule has 0 rings (SSSR count). The van der Waals surface area contributed by atoms with Crippen molar-refractivity contribution in [3.8, 4) is 0 Å². The number of hydrogen-bond donors (Lipinski definition) is 2. The lowest BCUT2D eigenvalue weighted by Gasteiger charge is -2.19. The molecule has 10 heteroatoms. The maximum atomic E-state index is 12.6. The maximum Gasteiger partial charge on any atom is 0.472 e. The fourth-order valence-corrected chi connectivity index (χ4v) is 6.98. The number of allylic oxidation sites excluding steroid dienone is 4. The monoisotopic (exact) mass is 786 g/mol. The van der Waals surface area contributed by atoms with Crippen LogP contribution >= 0.6 is 7.82 Å². The van der Waals surface area contributed by atoms with Crippen molar-refractivity contribution < 1.29 is 37.6 Å². The minimum Gasteiger partial charge on any atom is -0.462 e. The summed E-state index contributed by atoms with van der Waals surface area (Å²) in [7, 11) is -4.38. The molecule has 0 aliphatic heterocycles. The average molecular weight is 786 g/mol. The van der Waals surface area contributed by atoms with Crippen LogP contribution in [0.1, 0.15) is 213 Å². The minimum absolute atomic E-state index is 0.0526. The first kappa shape index (κ1) is 52.5. The van der Waals surface area contributed by atoms with Crippen LogP contribution in [0.2, 0.25) is 0 Å². The number of esters is 2. The Bertz CT molecular complexity index is 944. The summed E-state index contributed by atoms with van der Waals surface area (Å²) in [5.41, 5.74) is 5.35. The smallest absolute Gasteiger partial charge is 0.462 e. The van der Waals surface area contributed by atoms with Crippen molar-refractivity contribution in [2.24, 2.45) is 5.73 Å². The van der Waals surface area contributed by atoms with Gasteiger partial charge in [0, 0.05) is 19.4 Å². The second-order valence-corrected chi connectivity index (χ2v) is 16.4. The van der Waals surface area contributed by atoms with Crippen LogP contribution in [0.25, 0.3) is 0 Å². The lowest BCUT2D eigenvalue weighted by molar-refractivity contribution is -0.161. The third kappa shape index (κ3) is 40.2. The van der Waals surface area contributed by atoms with E-state index in [9.17, 15) is 19.0 Å². The molecule has 0 bridgehead atoms. The predicted molar refractivity (Wildman–Crippen MR) is 224 cm³/mol. The number of ether oxygens (including phenoxy) is 2. The Kier molecular flexibility index (Phi) is 40.0. The minimum atomic E-state index is -4.38. The van der Waals surface area contributed by atoms with Gasteiger partial charge >= 0.3 is 19.8 Å². The summed E-state index contributed by atoms with van der Waals surface area (Å²) in [6.45, 7) is 3.72. The normalized spacial score (nSPS) is 13.5. The van der Waals surface area contributed by atoms with Gasteiger partial charge in [0.15, 0.2) is 6.10 Å². The van der Waals surface area contributed by atoms with Gasteiger partial charge < -0.3 is 20.1 Å². The number of nitrogens with two attached hydrogens (primary N) is 1. The van der Waals surface area contributed by atoms with Crippen molar-refractivity contribution in [2.75, 3.05) is 26.4 Å². The highest BCUT2D eigenvalue weighted by atomic mass is 31.2. The molecule has 3 N–H and O–H groups in total. The standard InChI is InChI=1S/C44H84NO8P/c1-3-5-7-9-11-13-15-17-19-20-21-22-23-25-27-29-31-33-35-37-44(47)53-42(41-52-54(48,49)51-39-38-45)40-50-43(46)36-34-32-30-28-26-24-18-16-14-12-10-8-6-4-2/h16,18,20-21,42H,3-15,17,19,22-41,45H2,1-2H3,(H,48,49)/b18-16-,21-20-/t42-/m1/s1. The fraction of sp³-hybridized carbons (Fsp3) is 0.864. The van der Waals surface area contributed by atoms with Crippen LogP contribution in [0.3, 0.4) is 0 Å². The lowest BCUT2D eigenvalue weighted by atomic mass is 10.1. The van der Waals surface area contributed by atoms with Crippen LogP contribution in [-0.2, 0) is 32.7 Å². The third-order valence-electron chi connectivity index (χ3n) is 9.56. The Labute approximate surface area is 332 Å². The zero-order chi connectivity index (χ0) is 39.6. The summed E-state index contributed by atoms with van der Waals surface area (Å²) in [6.07, 6.45) is 43.5. The van der Waals surface area contributed by atoms with Crippen LogP contribution < -0.4 is 5.73 Å². The lowest BCUT2D eigenvalue weighted by Crippen LogP contribution is -2.29. The van der Waals surface area contributed by atoms with E-state index in [1.165, 1.54) is 116 Å². The molecule has 0 saturated heterocycles. The Hall–Kier alpha value is -1.51. The van der Waals surface area contributed by atoms with Gasteiger partial charge in [-0.15, -0.1) is 0 Å². The molecule has 0 heterocycles. The van der Waals surface area contributed by atoms with Crippen molar-refractivity contribution in [1.29, 1.82) is 0 Å². The maximum absolute atomic E-state index is 12.6. The van der Waals surface area contributed by atoms with E-state index in [-0.39, 0.29) is 38.6 Å². The Balaban J connectivity index is 4.13. The van der Waals surface area contributed by atoms with Gasteiger partial charge in [-0.25, -0.2) is 4.57 Å². The zero-order valence-corrected chi connectivity index (χ0v) is 35.9. The molecule has 0 aliphatic rings. The van der Waals surface area contributed by atoms with Crippen molar-refractivity contribution >= 4 is 19.8 Å². The number of phosphoric acid groups is 1. The Morgan fingerprint density at radius 1 is 0.537 bits per heavy atom. The number of phosphoric ester groups is 1. The molecule has 0 aliphatic carbocycles. The third-order valence-corrected chi connectivity index (χ3v) is 10.5. The van der Waals surface area contributed by atoms with Crippen LogP contribution in [0, 0.1) is 0 Å². The van der Waals surface area contributed by atoms with Gasteiger partial charge in [-0.05, 0) is 64.2 Å². The summed E-state index contributed by atoms with van der Waals surface area (Å²) < 4.78 is 32.8. The van der Waals surface area contributed by atoms with E-state index in [1.54, 1.807) is 0 Å². The molecule has 2 atom stereocenters. The number of carbonyl (C=O) groups is 2. The van der Waals surface area contributed by atoms with Gasteiger partial charge in [0.05, 0.1) is 13.2 Å². The van der Waals surface area contributed by atoms with Crippen LogP contribution in [0.4, 0.5) is 0 Å². The van der Waals surface area contributed by atoms with Gasteiger partial charge in [-0.2, -0.15) is 0 Å². The van der Waals surface area contributed by atoms with Crippen LogP contribution in [0.15, 0.2) is 24.3 Å². The van der Waals surface area contributed by atoms with E-state index < -0.39 is 26.5 Å². The number of rotatable bonds is 42. The Morgan fingerprint density at radius 3 is 1.31 bits per heavy atom. The number of hydrogen-bond acceptors (Lipinski definition) is 8. The molecule has 0 saturated carbocycles. The second-order valence-electron chi connectivity index (χ2n) is 14.9. The summed E-state index contributed by atoms with van der Waals surface area (Å²) in [6, 6.07) is 0. The van der Waals surface area contributed by atoms with Gasteiger partial charge in [0.25, 0.3) is 0 Å². The second kappa shape index (κ2) is 41.1. The van der Waals surface area contributed by atoms with E-state index >= 15 is 0 Å². The molecule has 9 nitrogen and oxygen atoms in total. The summed E-state index contributed by atoms with van der Waals surface area (Å²) >= 11 is 0. The van der Waals surface area contributed by atoms with Gasteiger partial charge in [0.2, 0.25) is 0 Å². The molecule has 54 heavy (non-hydrogen) atoms. The molecule has 0 amide bonds. The first-order valence-electron chi connectivity index (χ1n) is 22.3. The van der Waals surface area contributed by atoms with Gasteiger partial charge in [-0.1, -0.05) is 160 Å². The molecule has 0 fully saturated rings. The highest BCUT2D eigenvalue weighted by Crippen LogP contribution is 2.43. The SMILES string of the molecule is CCCCCCC/C=C\CCCCCCCC(=O)OC[C@H](COP(=O)(O)OCCN)OC(=O)CCCCCCCCC/C=C\CCCCCCCCCC.